The van der Waals surface area contributed by atoms with Gasteiger partial charge in [0.05, 0.1) is 19.6 Å². The smallest absolute Gasteiger partial charge is 0.270 e. The Bertz CT molecular complexity index is 818. The fourth-order valence-electron chi connectivity index (χ4n) is 2.50. The van der Waals surface area contributed by atoms with Crippen molar-refractivity contribution in [1.82, 2.24) is 10.6 Å². The first kappa shape index (κ1) is 24.1. The van der Waals surface area contributed by atoms with Crippen LogP contribution in [0.1, 0.15) is 51.8 Å². The molecule has 0 heterocycles. The number of aliphatic hydroxyl groups is 1. The SMILES string of the molecule is C=N/C(=C\C(=C/C)NC(=O)Cc1cc(C(C)O)ccc1OC)C(=O)NC(C)(C)C. The lowest BCUT2D eigenvalue weighted by molar-refractivity contribution is -0.120. The van der Waals surface area contributed by atoms with Gasteiger partial charge in [0, 0.05) is 16.8 Å². The third kappa shape index (κ3) is 7.91. The molecule has 0 aliphatic rings. The Balaban J connectivity index is 2.98. The molecule has 2 amide bonds. The number of nitrogens with one attached hydrogen (secondary N) is 2. The van der Waals surface area contributed by atoms with Crippen LogP contribution in [0.2, 0.25) is 0 Å². The van der Waals surface area contributed by atoms with E-state index in [0.717, 1.165) is 0 Å². The molecule has 1 aromatic rings. The molecule has 7 nitrogen and oxygen atoms in total. The fourth-order valence-corrected chi connectivity index (χ4v) is 2.50. The van der Waals surface area contributed by atoms with Crippen molar-refractivity contribution >= 4 is 18.5 Å². The number of rotatable bonds is 8. The Labute approximate surface area is 172 Å². The summed E-state index contributed by atoms with van der Waals surface area (Å²) >= 11 is 0. The van der Waals surface area contributed by atoms with Gasteiger partial charge in [-0.1, -0.05) is 12.1 Å². The minimum atomic E-state index is -0.653. The zero-order valence-electron chi connectivity index (χ0n) is 18.0. The number of methoxy groups -OCH3 is 1. The first-order valence-corrected chi connectivity index (χ1v) is 9.32. The topological polar surface area (TPSA) is 100 Å². The van der Waals surface area contributed by atoms with Gasteiger partial charge in [-0.2, -0.15) is 0 Å². The maximum Gasteiger partial charge on any atom is 0.270 e. The van der Waals surface area contributed by atoms with Crippen LogP contribution in [0.15, 0.2) is 46.7 Å². The van der Waals surface area contributed by atoms with Gasteiger partial charge in [-0.3, -0.25) is 14.6 Å². The predicted octanol–water partition coefficient (Wildman–Crippen LogP) is 2.81. The largest absolute Gasteiger partial charge is 0.496 e. The maximum atomic E-state index is 12.6. The lowest BCUT2D eigenvalue weighted by Crippen LogP contribution is -2.41. The minimum absolute atomic E-state index is 0.0416. The van der Waals surface area contributed by atoms with Crippen LogP contribution in [0.5, 0.6) is 5.75 Å². The lowest BCUT2D eigenvalue weighted by Gasteiger charge is -2.20. The summed E-state index contributed by atoms with van der Waals surface area (Å²) in [7, 11) is 1.52. The van der Waals surface area contributed by atoms with Crippen LogP contribution in [0.4, 0.5) is 0 Å². The van der Waals surface area contributed by atoms with E-state index in [1.807, 2.05) is 20.8 Å². The number of allylic oxidation sites excluding steroid dienone is 2. The van der Waals surface area contributed by atoms with E-state index in [1.54, 1.807) is 38.1 Å². The normalized spacial score (nSPS) is 13.5. The molecule has 0 aliphatic heterocycles. The average molecular weight is 402 g/mol. The van der Waals surface area contributed by atoms with Crippen molar-refractivity contribution < 1.29 is 19.4 Å². The molecule has 1 rings (SSSR count). The predicted molar refractivity (Wildman–Crippen MR) is 115 cm³/mol. The standard InChI is InChI=1S/C22H31N3O4/c1-8-17(13-18(23-6)21(28)25-22(3,4)5)24-20(27)12-16-11-15(14(2)26)9-10-19(16)29-7/h8-11,13-14,26H,6,12H2,1-5,7H3,(H,24,27)(H,25,28)/b17-8+,18-13-. The monoisotopic (exact) mass is 401 g/mol. The van der Waals surface area contributed by atoms with Crippen LogP contribution in [-0.4, -0.2) is 36.3 Å². The van der Waals surface area contributed by atoms with Crippen LogP contribution in [0.3, 0.4) is 0 Å². The molecule has 158 valence electrons. The molecule has 0 aliphatic carbocycles. The fraction of sp³-hybridized carbons (Fsp3) is 0.409. The number of amides is 2. The summed E-state index contributed by atoms with van der Waals surface area (Å²) in [6, 6.07) is 5.21. The van der Waals surface area contributed by atoms with E-state index in [4.69, 9.17) is 4.74 Å². The molecular formula is C22H31N3O4. The summed E-state index contributed by atoms with van der Waals surface area (Å²) in [4.78, 5) is 28.6. The number of carbonyl (C=O) groups excluding carboxylic acids is 2. The summed E-state index contributed by atoms with van der Waals surface area (Å²) in [6.45, 7) is 12.4. The second-order valence-electron chi connectivity index (χ2n) is 7.61. The number of ether oxygens (including phenoxy) is 1. The van der Waals surface area contributed by atoms with Crippen LogP contribution < -0.4 is 15.4 Å². The molecule has 3 N–H and O–H groups in total. The quantitative estimate of drug-likeness (QED) is 0.354. The summed E-state index contributed by atoms with van der Waals surface area (Å²) in [5.41, 5.74) is 1.44. The molecule has 0 saturated heterocycles. The Morgan fingerprint density at radius 2 is 2.00 bits per heavy atom. The van der Waals surface area contributed by atoms with Gasteiger partial charge in [0.2, 0.25) is 5.91 Å². The highest BCUT2D eigenvalue weighted by Gasteiger charge is 2.17. The van der Waals surface area contributed by atoms with Gasteiger partial charge < -0.3 is 20.5 Å². The molecule has 7 heteroatoms. The second kappa shape index (κ2) is 10.6. The summed E-state index contributed by atoms with van der Waals surface area (Å²) in [5.74, 6) is -0.123. The van der Waals surface area contributed by atoms with Gasteiger partial charge in [0.15, 0.2) is 0 Å². The van der Waals surface area contributed by atoms with Crippen molar-refractivity contribution in [1.29, 1.82) is 0 Å². The van der Waals surface area contributed by atoms with Gasteiger partial charge in [0.1, 0.15) is 11.4 Å². The number of aliphatic hydroxyl groups excluding tert-OH is 1. The van der Waals surface area contributed by atoms with E-state index in [0.29, 0.717) is 22.6 Å². The molecule has 0 spiro atoms. The highest BCUT2D eigenvalue weighted by Crippen LogP contribution is 2.24. The minimum Gasteiger partial charge on any atom is -0.496 e. The van der Waals surface area contributed by atoms with Crippen LogP contribution in [-0.2, 0) is 16.0 Å². The Hall–Kier alpha value is -2.93. The van der Waals surface area contributed by atoms with E-state index in [1.165, 1.54) is 13.2 Å². The molecule has 1 unspecified atom stereocenters. The molecule has 0 saturated carbocycles. The van der Waals surface area contributed by atoms with Crippen molar-refractivity contribution in [2.75, 3.05) is 7.11 Å². The van der Waals surface area contributed by atoms with Gasteiger partial charge in [-0.25, -0.2) is 0 Å². The van der Waals surface area contributed by atoms with Gasteiger partial charge in [0.25, 0.3) is 5.91 Å². The first-order chi connectivity index (χ1) is 13.5. The Morgan fingerprint density at radius 1 is 1.34 bits per heavy atom. The Kier molecular flexibility index (Phi) is 8.79. The number of benzene rings is 1. The third-order valence-electron chi connectivity index (χ3n) is 3.92. The van der Waals surface area contributed by atoms with Crippen molar-refractivity contribution in [3.63, 3.8) is 0 Å². The van der Waals surface area contributed by atoms with Crippen molar-refractivity contribution in [3.8, 4) is 5.75 Å². The van der Waals surface area contributed by atoms with E-state index in [2.05, 4.69) is 22.3 Å². The van der Waals surface area contributed by atoms with E-state index < -0.39 is 11.6 Å². The summed E-state index contributed by atoms with van der Waals surface area (Å²) < 4.78 is 5.31. The van der Waals surface area contributed by atoms with E-state index in [-0.39, 0.29) is 23.9 Å². The average Bonchev–Trinajstić information content (AvgIpc) is 2.63. The van der Waals surface area contributed by atoms with Gasteiger partial charge in [-0.05, 0) is 65.1 Å². The van der Waals surface area contributed by atoms with Crippen molar-refractivity contribution in [3.05, 3.63) is 52.9 Å². The highest BCUT2D eigenvalue weighted by atomic mass is 16.5. The number of hydrogen-bond donors (Lipinski definition) is 3. The molecule has 0 aromatic heterocycles. The number of aliphatic imine (C=N–C) groups is 1. The highest BCUT2D eigenvalue weighted by molar-refractivity contribution is 5.95. The summed E-state index contributed by atoms with van der Waals surface area (Å²) in [6.07, 6.45) is 2.52. The lowest BCUT2D eigenvalue weighted by atomic mass is 10.0. The molecule has 0 fully saturated rings. The number of carbonyl (C=O) groups is 2. The van der Waals surface area contributed by atoms with Crippen LogP contribution in [0.25, 0.3) is 0 Å². The summed E-state index contributed by atoms with van der Waals surface area (Å²) in [5, 5.41) is 15.3. The zero-order chi connectivity index (χ0) is 22.2. The van der Waals surface area contributed by atoms with E-state index in [9.17, 15) is 14.7 Å². The second-order valence-corrected chi connectivity index (χ2v) is 7.61. The van der Waals surface area contributed by atoms with E-state index >= 15 is 0 Å². The molecule has 0 bridgehead atoms. The maximum absolute atomic E-state index is 12.6. The van der Waals surface area contributed by atoms with Gasteiger partial charge in [-0.15, -0.1) is 0 Å². The molecule has 29 heavy (non-hydrogen) atoms. The third-order valence-corrected chi connectivity index (χ3v) is 3.92. The molecular weight excluding hydrogens is 370 g/mol. The molecule has 0 radical (unpaired) electrons. The first-order valence-electron chi connectivity index (χ1n) is 9.32. The van der Waals surface area contributed by atoms with Gasteiger partial charge >= 0.3 is 0 Å². The van der Waals surface area contributed by atoms with Crippen molar-refractivity contribution in [2.45, 2.75) is 52.7 Å². The van der Waals surface area contributed by atoms with Crippen LogP contribution >= 0.6 is 0 Å². The van der Waals surface area contributed by atoms with Crippen molar-refractivity contribution in [2.24, 2.45) is 4.99 Å². The number of hydrogen-bond acceptors (Lipinski definition) is 5. The molecule has 1 aromatic carbocycles. The zero-order valence-corrected chi connectivity index (χ0v) is 18.0. The van der Waals surface area contributed by atoms with Crippen LogP contribution in [0, 0.1) is 0 Å². The molecule has 1 atom stereocenters. The Morgan fingerprint density at radius 3 is 2.48 bits per heavy atom. The number of nitrogens with zero attached hydrogens (tertiary/aromatic N) is 1.